The highest BCUT2D eigenvalue weighted by Crippen LogP contribution is 2.35. The third-order valence-electron chi connectivity index (χ3n) is 4.74. The zero-order valence-corrected chi connectivity index (χ0v) is 20.7. The Morgan fingerprint density at radius 2 is 1.74 bits per heavy atom. The van der Waals surface area contributed by atoms with E-state index < -0.39 is 11.9 Å². The van der Waals surface area contributed by atoms with Gasteiger partial charge in [0.2, 0.25) is 0 Å². The number of nitrogens with zero attached hydrogens (tertiary/aromatic N) is 2. The number of carbonyl (C=O) groups is 3. The molecule has 1 amide bonds. The Hall–Kier alpha value is -3.79. The van der Waals surface area contributed by atoms with Gasteiger partial charge in [-0.25, -0.2) is 14.6 Å². The summed E-state index contributed by atoms with van der Waals surface area (Å²) in [6.07, 6.45) is 1.73. The van der Waals surface area contributed by atoms with Crippen LogP contribution in [0.4, 0.5) is 5.69 Å². The Kier molecular flexibility index (Phi) is 8.91. The Morgan fingerprint density at radius 3 is 2.40 bits per heavy atom. The van der Waals surface area contributed by atoms with Gasteiger partial charge in [0.25, 0.3) is 5.91 Å². The number of ether oxygens (including phenoxy) is 4. The zero-order valence-electron chi connectivity index (χ0n) is 19.9. The second-order valence-corrected chi connectivity index (χ2v) is 8.15. The standard InChI is InChI=1S/C25H26N2O7S/c1-5-32-22(28)15-34-19-12-7-16(13-20(19)31-4)14-21-23(29)27(3)25(35-21)26-18-10-8-17(9-11-18)24(30)33-6-2/h7-14H,5-6,15H2,1-4H3. The van der Waals surface area contributed by atoms with Crippen LogP contribution < -0.4 is 9.47 Å². The minimum absolute atomic E-state index is 0.196. The number of rotatable bonds is 9. The lowest BCUT2D eigenvalue weighted by Crippen LogP contribution is -2.23. The van der Waals surface area contributed by atoms with Crippen molar-refractivity contribution >= 4 is 46.5 Å². The van der Waals surface area contributed by atoms with Crippen molar-refractivity contribution in [1.82, 2.24) is 4.90 Å². The van der Waals surface area contributed by atoms with E-state index in [-0.39, 0.29) is 19.1 Å². The van der Waals surface area contributed by atoms with Crippen molar-refractivity contribution in [3.8, 4) is 11.5 Å². The Morgan fingerprint density at radius 1 is 1.03 bits per heavy atom. The molecule has 1 aliphatic rings. The number of benzene rings is 2. The van der Waals surface area contributed by atoms with Crippen LogP contribution in [-0.2, 0) is 19.1 Å². The van der Waals surface area contributed by atoms with E-state index in [2.05, 4.69) is 4.99 Å². The van der Waals surface area contributed by atoms with Crippen LogP contribution in [-0.4, -0.2) is 61.9 Å². The predicted molar refractivity (Wildman–Crippen MR) is 133 cm³/mol. The molecule has 184 valence electrons. The molecule has 0 radical (unpaired) electrons. The molecule has 0 bridgehead atoms. The topological polar surface area (TPSA) is 104 Å². The molecule has 0 atom stereocenters. The molecular weight excluding hydrogens is 472 g/mol. The van der Waals surface area contributed by atoms with E-state index in [1.807, 2.05) is 0 Å². The molecule has 0 unspecified atom stereocenters. The van der Waals surface area contributed by atoms with Crippen molar-refractivity contribution in [3.05, 3.63) is 58.5 Å². The number of methoxy groups -OCH3 is 1. The van der Waals surface area contributed by atoms with E-state index in [9.17, 15) is 14.4 Å². The van der Waals surface area contributed by atoms with Crippen LogP contribution in [0.1, 0.15) is 29.8 Å². The highest BCUT2D eigenvalue weighted by atomic mass is 32.2. The van der Waals surface area contributed by atoms with Gasteiger partial charge in [-0.2, -0.15) is 0 Å². The fraction of sp³-hybridized carbons (Fsp3) is 0.280. The maximum absolute atomic E-state index is 12.8. The van der Waals surface area contributed by atoms with Crippen molar-refractivity contribution in [2.75, 3.05) is 34.0 Å². The highest BCUT2D eigenvalue weighted by Gasteiger charge is 2.30. The smallest absolute Gasteiger partial charge is 0.344 e. The van der Waals surface area contributed by atoms with Crippen molar-refractivity contribution in [2.24, 2.45) is 4.99 Å². The van der Waals surface area contributed by atoms with Gasteiger partial charge in [0.1, 0.15) is 0 Å². The third-order valence-corrected chi connectivity index (χ3v) is 5.80. The molecule has 35 heavy (non-hydrogen) atoms. The first-order valence-electron chi connectivity index (χ1n) is 10.9. The second kappa shape index (κ2) is 12.1. The molecule has 2 aromatic carbocycles. The molecule has 1 aliphatic heterocycles. The number of amides is 1. The molecule has 10 heteroatoms. The monoisotopic (exact) mass is 498 g/mol. The Balaban J connectivity index is 1.75. The minimum atomic E-state index is -0.473. The summed E-state index contributed by atoms with van der Waals surface area (Å²) in [6.45, 7) is 3.81. The molecule has 3 rings (SSSR count). The van der Waals surface area contributed by atoms with Gasteiger partial charge in [-0.05, 0) is 73.6 Å². The normalized spacial score (nSPS) is 15.4. The molecule has 1 fully saturated rings. The SMILES string of the molecule is CCOC(=O)COc1ccc(C=C2SC(=Nc3ccc(C(=O)OCC)cc3)N(C)C2=O)cc1OC. The Labute approximate surface area is 207 Å². The minimum Gasteiger partial charge on any atom is -0.493 e. The summed E-state index contributed by atoms with van der Waals surface area (Å²) in [5.41, 5.74) is 1.75. The van der Waals surface area contributed by atoms with E-state index >= 15 is 0 Å². The molecule has 1 saturated heterocycles. The van der Waals surface area contributed by atoms with Crippen LogP contribution in [0.15, 0.2) is 52.4 Å². The molecular formula is C25H26N2O7S. The van der Waals surface area contributed by atoms with Gasteiger partial charge in [-0.3, -0.25) is 9.69 Å². The van der Waals surface area contributed by atoms with E-state index in [1.54, 1.807) is 69.4 Å². The molecule has 0 aromatic heterocycles. The maximum atomic E-state index is 12.8. The van der Waals surface area contributed by atoms with Crippen LogP contribution in [0.25, 0.3) is 6.08 Å². The van der Waals surface area contributed by atoms with Crippen molar-refractivity contribution in [3.63, 3.8) is 0 Å². The average Bonchev–Trinajstić information content (AvgIpc) is 3.11. The van der Waals surface area contributed by atoms with Crippen molar-refractivity contribution in [2.45, 2.75) is 13.8 Å². The molecule has 1 heterocycles. The van der Waals surface area contributed by atoms with Crippen molar-refractivity contribution in [1.29, 1.82) is 0 Å². The third kappa shape index (κ3) is 6.63. The van der Waals surface area contributed by atoms with Crippen LogP contribution >= 0.6 is 11.8 Å². The predicted octanol–water partition coefficient (Wildman–Crippen LogP) is 4.05. The van der Waals surface area contributed by atoms with E-state index in [4.69, 9.17) is 18.9 Å². The van der Waals surface area contributed by atoms with Gasteiger partial charge in [0.05, 0.1) is 36.5 Å². The van der Waals surface area contributed by atoms with Gasteiger partial charge in [-0.15, -0.1) is 0 Å². The molecule has 0 spiro atoms. The van der Waals surface area contributed by atoms with E-state index in [0.717, 1.165) is 5.56 Å². The van der Waals surface area contributed by atoms with Gasteiger partial charge in [0.15, 0.2) is 23.3 Å². The molecule has 9 nitrogen and oxygen atoms in total. The lowest BCUT2D eigenvalue weighted by Gasteiger charge is -2.11. The number of thioether (sulfide) groups is 1. The fourth-order valence-electron chi connectivity index (χ4n) is 3.03. The first-order chi connectivity index (χ1) is 16.9. The van der Waals surface area contributed by atoms with Crippen LogP contribution in [0, 0.1) is 0 Å². The summed E-state index contributed by atoms with van der Waals surface area (Å²) in [7, 11) is 3.14. The second-order valence-electron chi connectivity index (χ2n) is 7.14. The molecule has 2 aromatic rings. The number of likely N-dealkylation sites (N-methyl/N-ethyl adjacent to an activating group) is 1. The van der Waals surface area contributed by atoms with Gasteiger partial charge in [0, 0.05) is 7.05 Å². The summed E-state index contributed by atoms with van der Waals surface area (Å²) >= 11 is 1.24. The summed E-state index contributed by atoms with van der Waals surface area (Å²) in [5.74, 6) is -0.258. The lowest BCUT2D eigenvalue weighted by atomic mass is 10.2. The Bertz CT molecular complexity index is 1160. The quantitative estimate of drug-likeness (QED) is 0.377. The maximum Gasteiger partial charge on any atom is 0.344 e. The largest absolute Gasteiger partial charge is 0.493 e. The first kappa shape index (κ1) is 25.8. The average molecular weight is 499 g/mol. The molecule has 0 aliphatic carbocycles. The van der Waals surface area contributed by atoms with Crippen molar-refractivity contribution < 1.29 is 33.3 Å². The van der Waals surface area contributed by atoms with Gasteiger partial charge < -0.3 is 18.9 Å². The lowest BCUT2D eigenvalue weighted by molar-refractivity contribution is -0.145. The number of amidine groups is 1. The van der Waals surface area contributed by atoms with E-state index in [1.165, 1.54) is 23.8 Å². The number of esters is 2. The summed E-state index contributed by atoms with van der Waals surface area (Å²) < 4.78 is 20.7. The summed E-state index contributed by atoms with van der Waals surface area (Å²) in [5, 5.41) is 0.506. The van der Waals surface area contributed by atoms with Gasteiger partial charge >= 0.3 is 11.9 Å². The highest BCUT2D eigenvalue weighted by molar-refractivity contribution is 8.18. The first-order valence-corrected chi connectivity index (χ1v) is 11.7. The van der Waals surface area contributed by atoms with Crippen LogP contribution in [0.2, 0.25) is 0 Å². The summed E-state index contributed by atoms with van der Waals surface area (Å²) in [4.78, 5) is 42.6. The number of carbonyl (C=O) groups excluding carboxylic acids is 3. The molecule has 0 N–H and O–H groups in total. The van der Waals surface area contributed by atoms with Crippen LogP contribution in [0.3, 0.4) is 0 Å². The number of aliphatic imine (C=N–C) groups is 1. The zero-order chi connectivity index (χ0) is 25.4. The van der Waals surface area contributed by atoms with Gasteiger partial charge in [-0.1, -0.05) is 6.07 Å². The summed E-state index contributed by atoms with van der Waals surface area (Å²) in [6, 6.07) is 11.8. The fourth-order valence-corrected chi connectivity index (χ4v) is 4.02. The van der Waals surface area contributed by atoms with E-state index in [0.29, 0.717) is 39.4 Å². The van der Waals surface area contributed by atoms with Crippen LogP contribution in [0.5, 0.6) is 11.5 Å². The number of hydrogen-bond acceptors (Lipinski definition) is 9. The molecule has 0 saturated carbocycles. The number of hydrogen-bond donors (Lipinski definition) is 0.